The van der Waals surface area contributed by atoms with E-state index in [-0.39, 0.29) is 0 Å². The molecule has 0 rings (SSSR count). The highest BCUT2D eigenvalue weighted by molar-refractivity contribution is 5.83. The second-order valence-corrected chi connectivity index (χ2v) is 4.25. The van der Waals surface area contributed by atoms with E-state index in [9.17, 15) is 0 Å². The Morgan fingerprint density at radius 2 is 1.06 bits per heavy atom. The number of oxime groups is 2. The van der Waals surface area contributed by atoms with Gasteiger partial charge in [-0.3, -0.25) is 0 Å². The first-order chi connectivity index (χ1) is 8.69. The van der Waals surface area contributed by atoms with Gasteiger partial charge in [-0.05, 0) is 38.5 Å². The smallest absolute Gasteiger partial charge is 0.0568 e. The molecule has 18 heavy (non-hydrogen) atoms. The highest BCUT2D eigenvalue weighted by Gasteiger charge is 1.94. The first-order valence-corrected chi connectivity index (χ1v) is 7.09. The van der Waals surface area contributed by atoms with Crippen molar-refractivity contribution >= 4 is 11.4 Å². The molecule has 0 spiro atoms. The van der Waals surface area contributed by atoms with E-state index in [2.05, 4.69) is 24.2 Å². The molecule has 0 aromatic carbocycles. The molecule has 0 saturated heterocycles. The van der Waals surface area contributed by atoms with Crippen molar-refractivity contribution < 1.29 is 10.4 Å². The fraction of sp³-hybridized carbons (Fsp3) is 0.857. The van der Waals surface area contributed by atoms with E-state index >= 15 is 0 Å². The molecule has 2 N–H and O–H groups in total. The van der Waals surface area contributed by atoms with Crippen molar-refractivity contribution in [3.05, 3.63) is 0 Å². The minimum atomic E-state index is 0.872. The van der Waals surface area contributed by atoms with Gasteiger partial charge < -0.3 is 10.4 Å². The molecule has 4 heteroatoms. The maximum atomic E-state index is 8.34. The van der Waals surface area contributed by atoms with Crippen LogP contribution < -0.4 is 0 Å². The average molecular weight is 258 g/mol. The third-order valence-electron chi connectivity index (χ3n) is 2.74. The maximum Gasteiger partial charge on any atom is 0.0568 e. The van der Waals surface area contributed by atoms with Gasteiger partial charge in [0.05, 0.1) is 11.4 Å². The van der Waals surface area contributed by atoms with Crippen LogP contribution in [0.1, 0.15) is 79.1 Å². The topological polar surface area (TPSA) is 65.2 Å². The van der Waals surface area contributed by atoms with E-state index in [4.69, 9.17) is 10.4 Å². The predicted molar refractivity (Wildman–Crippen MR) is 78.1 cm³/mol. The summed E-state index contributed by atoms with van der Waals surface area (Å²) in [6.07, 6.45) is 8.23. The van der Waals surface area contributed by atoms with Crippen molar-refractivity contribution in [1.82, 2.24) is 0 Å². The maximum absolute atomic E-state index is 8.34. The normalized spacial score (nSPS) is 12.0. The summed E-state index contributed by atoms with van der Waals surface area (Å²) in [5.41, 5.74) is 1.83. The average Bonchev–Trinajstić information content (AvgIpc) is 2.42. The van der Waals surface area contributed by atoms with Gasteiger partial charge >= 0.3 is 0 Å². The minimum Gasteiger partial charge on any atom is -0.411 e. The quantitative estimate of drug-likeness (QED) is 0.372. The highest BCUT2D eigenvalue weighted by atomic mass is 16.4. The third kappa shape index (κ3) is 13.0. The van der Waals surface area contributed by atoms with Crippen molar-refractivity contribution in [1.29, 1.82) is 0 Å². The van der Waals surface area contributed by atoms with Gasteiger partial charge in [0.2, 0.25) is 0 Å². The van der Waals surface area contributed by atoms with Crippen LogP contribution >= 0.6 is 0 Å². The zero-order valence-corrected chi connectivity index (χ0v) is 12.4. The molecule has 0 saturated carbocycles. The Hall–Kier alpha value is -1.06. The number of hydrogen-bond acceptors (Lipinski definition) is 4. The Kier molecular flexibility index (Phi) is 17.1. The summed E-state index contributed by atoms with van der Waals surface area (Å²) in [7, 11) is 0. The Morgan fingerprint density at radius 1 is 0.722 bits per heavy atom. The molecule has 0 aromatic rings. The lowest BCUT2D eigenvalue weighted by Crippen LogP contribution is -1.94. The summed E-state index contributed by atoms with van der Waals surface area (Å²) in [6, 6.07) is 0. The number of nitrogens with zero attached hydrogens (tertiary/aromatic N) is 2. The summed E-state index contributed by atoms with van der Waals surface area (Å²) in [6.45, 7) is 8.27. The lowest BCUT2D eigenvalue weighted by atomic mass is 10.1. The zero-order chi connectivity index (χ0) is 14.2. The van der Waals surface area contributed by atoms with Crippen molar-refractivity contribution in [2.75, 3.05) is 0 Å². The molecule has 0 aromatic heterocycles. The summed E-state index contributed by atoms with van der Waals surface area (Å²) in [4.78, 5) is 0. The first-order valence-electron chi connectivity index (χ1n) is 7.09. The molecule has 0 aliphatic rings. The van der Waals surface area contributed by atoms with E-state index in [1.165, 1.54) is 12.8 Å². The lowest BCUT2D eigenvalue weighted by Gasteiger charge is -1.96. The number of unbranched alkanes of at least 4 members (excludes halogenated alkanes) is 2. The van der Waals surface area contributed by atoms with Gasteiger partial charge in [-0.25, -0.2) is 0 Å². The fourth-order valence-electron chi connectivity index (χ4n) is 1.36. The van der Waals surface area contributed by atoms with Crippen LogP contribution in [0.3, 0.4) is 0 Å². The van der Waals surface area contributed by atoms with Crippen LogP contribution in [0.5, 0.6) is 0 Å². The fourth-order valence-corrected chi connectivity index (χ4v) is 1.36. The Balaban J connectivity index is 0. The van der Waals surface area contributed by atoms with Gasteiger partial charge in [-0.2, -0.15) is 0 Å². The molecule has 0 amide bonds. The van der Waals surface area contributed by atoms with Crippen molar-refractivity contribution in [2.24, 2.45) is 10.3 Å². The summed E-state index contributed by atoms with van der Waals surface area (Å²) in [5, 5.41) is 23.0. The van der Waals surface area contributed by atoms with Crippen LogP contribution in [0.15, 0.2) is 10.3 Å². The van der Waals surface area contributed by atoms with Crippen molar-refractivity contribution in [2.45, 2.75) is 79.1 Å². The zero-order valence-electron chi connectivity index (χ0n) is 12.4. The largest absolute Gasteiger partial charge is 0.411 e. The molecule has 0 unspecified atom stereocenters. The standard InChI is InChI=1S/2C7H15NO/c2*1-3-5-6-7(4-2)8-9/h2*9H,3-6H2,1-2H3. The van der Waals surface area contributed by atoms with Crippen LogP contribution in [0, 0.1) is 0 Å². The van der Waals surface area contributed by atoms with Crippen LogP contribution in [0.4, 0.5) is 0 Å². The molecule has 0 heterocycles. The lowest BCUT2D eigenvalue weighted by molar-refractivity contribution is 0.316. The summed E-state index contributed by atoms with van der Waals surface area (Å²) < 4.78 is 0. The van der Waals surface area contributed by atoms with Crippen LogP contribution in [-0.4, -0.2) is 21.8 Å². The third-order valence-corrected chi connectivity index (χ3v) is 2.74. The van der Waals surface area contributed by atoms with Gasteiger partial charge in [-0.15, -0.1) is 0 Å². The van der Waals surface area contributed by atoms with Gasteiger partial charge in [0.15, 0.2) is 0 Å². The van der Waals surface area contributed by atoms with E-state index in [0.717, 1.165) is 49.9 Å². The van der Waals surface area contributed by atoms with E-state index in [0.29, 0.717) is 0 Å². The summed E-state index contributed by atoms with van der Waals surface area (Å²) >= 11 is 0. The van der Waals surface area contributed by atoms with E-state index < -0.39 is 0 Å². The molecular weight excluding hydrogens is 228 g/mol. The van der Waals surface area contributed by atoms with E-state index in [1.54, 1.807) is 0 Å². The molecule has 0 aliphatic heterocycles. The molecule has 108 valence electrons. The van der Waals surface area contributed by atoms with Gasteiger partial charge in [0.1, 0.15) is 0 Å². The molecule has 0 fully saturated rings. The Bertz CT molecular complexity index is 202. The van der Waals surface area contributed by atoms with Crippen LogP contribution in [-0.2, 0) is 0 Å². The van der Waals surface area contributed by atoms with Crippen molar-refractivity contribution in [3.8, 4) is 0 Å². The molecule has 4 nitrogen and oxygen atoms in total. The van der Waals surface area contributed by atoms with Crippen LogP contribution in [0.25, 0.3) is 0 Å². The van der Waals surface area contributed by atoms with Crippen LogP contribution in [0.2, 0.25) is 0 Å². The van der Waals surface area contributed by atoms with Gasteiger partial charge in [-0.1, -0.05) is 50.8 Å². The van der Waals surface area contributed by atoms with Crippen molar-refractivity contribution in [3.63, 3.8) is 0 Å². The SMILES string of the molecule is CCCCC(CC)=NO.CCCCC(CC)=NO. The second kappa shape index (κ2) is 15.9. The van der Waals surface area contributed by atoms with E-state index in [1.807, 2.05) is 13.8 Å². The Morgan fingerprint density at radius 3 is 1.22 bits per heavy atom. The number of hydrogen-bond donors (Lipinski definition) is 2. The molecule has 0 bridgehead atoms. The predicted octanol–water partition coefficient (Wildman–Crippen LogP) is 4.83. The minimum absolute atomic E-state index is 0.872. The molecule has 0 atom stereocenters. The number of rotatable bonds is 8. The van der Waals surface area contributed by atoms with Gasteiger partial charge in [0, 0.05) is 0 Å². The monoisotopic (exact) mass is 258 g/mol. The molecule has 0 radical (unpaired) electrons. The molecular formula is C14H30N2O2. The molecule has 0 aliphatic carbocycles. The highest BCUT2D eigenvalue weighted by Crippen LogP contribution is 1.99. The second-order valence-electron chi connectivity index (χ2n) is 4.25. The first kappa shape index (κ1) is 19.3. The van der Waals surface area contributed by atoms with Gasteiger partial charge in [0.25, 0.3) is 0 Å². The Labute approximate surface area is 112 Å². The summed E-state index contributed by atoms with van der Waals surface area (Å²) in [5.74, 6) is 0.